The number of carbonyl (C=O) groups excluding carboxylic acids is 2. The Labute approximate surface area is 223 Å². The summed E-state index contributed by atoms with van der Waals surface area (Å²) in [6.45, 7) is 6.56. The Morgan fingerprint density at radius 3 is 2.71 bits per heavy atom. The van der Waals surface area contributed by atoms with E-state index in [0.29, 0.717) is 28.5 Å². The number of amides is 2. The zero-order valence-corrected chi connectivity index (χ0v) is 22.0. The highest BCUT2D eigenvalue weighted by Crippen LogP contribution is 2.34. The molecular formula is C29H25N5O3S. The predicted molar refractivity (Wildman–Crippen MR) is 149 cm³/mol. The third kappa shape index (κ3) is 4.10. The molecule has 2 amide bonds. The van der Waals surface area contributed by atoms with Crippen molar-refractivity contribution < 1.29 is 14.3 Å². The highest BCUT2D eigenvalue weighted by atomic mass is 32.1. The normalized spacial score (nSPS) is 15.9. The molecule has 0 atom stereocenters. The maximum Gasteiger partial charge on any atom is 0.279 e. The van der Waals surface area contributed by atoms with E-state index < -0.39 is 0 Å². The highest BCUT2D eigenvalue weighted by molar-refractivity contribution is 7.07. The molecule has 0 spiro atoms. The fourth-order valence-electron chi connectivity index (χ4n) is 4.72. The van der Waals surface area contributed by atoms with Crippen molar-refractivity contribution >= 4 is 45.9 Å². The molecule has 3 heterocycles. The summed E-state index contributed by atoms with van der Waals surface area (Å²) < 4.78 is 7.26. The predicted octanol–water partition coefficient (Wildman–Crippen LogP) is 5.02. The smallest absolute Gasteiger partial charge is 0.279 e. The third-order valence-corrected chi connectivity index (χ3v) is 7.39. The number of thiazole rings is 1. The average molecular weight is 524 g/mol. The molecule has 190 valence electrons. The molecule has 2 aliphatic heterocycles. The van der Waals surface area contributed by atoms with Crippen LogP contribution < -0.4 is 19.8 Å². The van der Waals surface area contributed by atoms with Gasteiger partial charge in [-0.05, 0) is 56.7 Å². The number of fused-ring (bicyclic) bond motifs is 2. The largest absolute Gasteiger partial charge is 0.482 e. The number of ether oxygens (including phenoxy) is 1. The number of para-hydroxylation sites is 1. The zero-order chi connectivity index (χ0) is 26.4. The van der Waals surface area contributed by atoms with Gasteiger partial charge in [-0.25, -0.2) is 9.67 Å². The van der Waals surface area contributed by atoms with E-state index in [4.69, 9.17) is 14.8 Å². The minimum atomic E-state index is -0.202. The number of aryl methyl sites for hydroxylation is 2. The number of anilines is 2. The van der Waals surface area contributed by atoms with E-state index in [2.05, 4.69) is 11.4 Å². The Morgan fingerprint density at radius 1 is 1.05 bits per heavy atom. The van der Waals surface area contributed by atoms with Gasteiger partial charge in [-0.15, -0.1) is 11.3 Å². The van der Waals surface area contributed by atoms with Crippen LogP contribution in [0, 0.1) is 13.8 Å². The average Bonchev–Trinajstić information content (AvgIpc) is 3.43. The number of nitrogens with one attached hydrogen (secondary N) is 1. The Morgan fingerprint density at radius 2 is 1.89 bits per heavy atom. The van der Waals surface area contributed by atoms with E-state index in [-0.39, 0.29) is 18.4 Å². The van der Waals surface area contributed by atoms with E-state index in [1.807, 2.05) is 80.7 Å². The molecule has 1 aromatic heterocycles. The molecule has 0 saturated heterocycles. The van der Waals surface area contributed by atoms with Crippen molar-refractivity contribution in [1.82, 2.24) is 4.68 Å². The second-order valence-corrected chi connectivity index (χ2v) is 10.0. The van der Waals surface area contributed by atoms with Crippen molar-refractivity contribution in [3.05, 3.63) is 87.5 Å². The summed E-state index contributed by atoms with van der Waals surface area (Å²) >= 11 is 1.43. The molecule has 3 aromatic carbocycles. The number of carbonyl (C=O) groups is 2. The molecule has 8 nitrogen and oxygen atoms in total. The van der Waals surface area contributed by atoms with Gasteiger partial charge >= 0.3 is 0 Å². The van der Waals surface area contributed by atoms with Gasteiger partial charge in [0.15, 0.2) is 12.3 Å². The van der Waals surface area contributed by atoms with Crippen LogP contribution in [0.2, 0.25) is 0 Å². The lowest BCUT2D eigenvalue weighted by Crippen LogP contribution is -2.30. The maximum atomic E-state index is 13.4. The summed E-state index contributed by atoms with van der Waals surface area (Å²) in [6, 6.07) is 19.4. The van der Waals surface area contributed by atoms with Gasteiger partial charge in [0.25, 0.3) is 11.8 Å². The first-order valence-electron chi connectivity index (χ1n) is 12.3. The summed E-state index contributed by atoms with van der Waals surface area (Å²) in [4.78, 5) is 32.7. The fourth-order valence-corrected chi connectivity index (χ4v) is 5.56. The fraction of sp³-hybridized carbons (Fsp3) is 0.172. The molecular weight excluding hydrogens is 498 g/mol. The van der Waals surface area contributed by atoms with Crippen molar-refractivity contribution in [2.45, 2.75) is 20.8 Å². The minimum Gasteiger partial charge on any atom is -0.482 e. The number of nitrogens with zero attached hydrogens (tertiary/aromatic N) is 4. The first-order chi connectivity index (χ1) is 18.4. The summed E-state index contributed by atoms with van der Waals surface area (Å²) in [5.74, 6) is 0.258. The topological polar surface area (TPSA) is 88.3 Å². The molecule has 9 heteroatoms. The van der Waals surface area contributed by atoms with Gasteiger partial charge in [-0.3, -0.25) is 9.59 Å². The molecule has 0 saturated carbocycles. The Hall–Kier alpha value is -4.50. The second-order valence-electron chi connectivity index (χ2n) is 9.18. The van der Waals surface area contributed by atoms with Gasteiger partial charge in [0.05, 0.1) is 22.8 Å². The molecule has 0 bridgehead atoms. The number of rotatable bonds is 4. The van der Waals surface area contributed by atoms with Crippen LogP contribution in [0.1, 0.15) is 23.6 Å². The van der Waals surface area contributed by atoms with Gasteiger partial charge in [0, 0.05) is 23.1 Å². The van der Waals surface area contributed by atoms with Crippen LogP contribution in [0.3, 0.4) is 0 Å². The van der Waals surface area contributed by atoms with Crippen molar-refractivity contribution in [3.63, 3.8) is 0 Å². The van der Waals surface area contributed by atoms with Crippen LogP contribution in [0.15, 0.2) is 76.1 Å². The van der Waals surface area contributed by atoms with Crippen molar-refractivity contribution in [3.8, 4) is 17.0 Å². The van der Waals surface area contributed by atoms with Crippen LogP contribution >= 0.6 is 11.3 Å². The molecule has 0 radical (unpaired) electrons. The Kier molecular flexibility index (Phi) is 5.92. The minimum absolute atomic E-state index is 0.00711. The first kappa shape index (κ1) is 23.9. The molecule has 0 fully saturated rings. The monoisotopic (exact) mass is 523 g/mol. The van der Waals surface area contributed by atoms with Crippen molar-refractivity contribution in [1.29, 1.82) is 0 Å². The standard InChI is InChI=1S/C29H25N5O3S/c1-4-33-23-8-6-5-7-20(23)27(28(33)36)32-34-24(19-10-12-25-22(14-19)30-26(35)15-37-25)16-38-29(34)31-21-11-9-17(2)13-18(21)3/h5-14,16H,4,15H2,1-3H3,(H,30,35). The molecule has 4 aromatic rings. The lowest BCUT2D eigenvalue weighted by Gasteiger charge is -2.18. The number of hydrogen-bond donors (Lipinski definition) is 1. The summed E-state index contributed by atoms with van der Waals surface area (Å²) in [6.07, 6.45) is 0. The van der Waals surface area contributed by atoms with E-state index >= 15 is 0 Å². The van der Waals surface area contributed by atoms with Gasteiger partial charge < -0.3 is 15.0 Å². The van der Waals surface area contributed by atoms with Gasteiger partial charge in [0.1, 0.15) is 5.75 Å². The van der Waals surface area contributed by atoms with Crippen molar-refractivity contribution in [2.24, 2.45) is 10.1 Å². The van der Waals surface area contributed by atoms with Crippen LogP contribution in [0.4, 0.5) is 17.1 Å². The first-order valence-corrected chi connectivity index (χ1v) is 13.2. The molecule has 0 unspecified atom stereocenters. The van der Waals surface area contributed by atoms with Gasteiger partial charge in [0.2, 0.25) is 4.80 Å². The highest BCUT2D eigenvalue weighted by Gasteiger charge is 2.33. The van der Waals surface area contributed by atoms with Crippen LogP contribution in [-0.4, -0.2) is 35.4 Å². The van der Waals surface area contributed by atoms with E-state index in [1.165, 1.54) is 11.3 Å². The van der Waals surface area contributed by atoms with E-state index in [1.54, 1.807) is 9.58 Å². The Bertz CT molecular complexity index is 1720. The third-order valence-electron chi connectivity index (χ3n) is 6.58. The molecule has 1 N–H and O–H groups in total. The SMILES string of the molecule is CCN1C(=O)C(=Nn2c(-c3ccc4c(c3)NC(=O)CO4)csc2=Nc2ccc(C)cc2C)c2ccccc21. The zero-order valence-electron chi connectivity index (χ0n) is 21.2. The number of hydrogen-bond acceptors (Lipinski definition) is 6. The maximum absolute atomic E-state index is 13.4. The van der Waals surface area contributed by atoms with E-state index in [0.717, 1.165) is 39.3 Å². The molecule has 6 rings (SSSR count). The van der Waals surface area contributed by atoms with Crippen molar-refractivity contribution in [2.75, 3.05) is 23.4 Å². The summed E-state index contributed by atoms with van der Waals surface area (Å²) in [5, 5.41) is 9.75. The summed E-state index contributed by atoms with van der Waals surface area (Å²) in [7, 11) is 0. The van der Waals surface area contributed by atoms with Gasteiger partial charge in [-0.2, -0.15) is 5.10 Å². The number of benzene rings is 3. The number of likely N-dealkylation sites (N-methyl/N-ethyl adjacent to an activating group) is 1. The van der Waals surface area contributed by atoms with Gasteiger partial charge in [-0.1, -0.05) is 35.9 Å². The Balaban J connectivity index is 1.57. The molecule has 2 aliphatic rings. The van der Waals surface area contributed by atoms with Crippen LogP contribution in [-0.2, 0) is 9.59 Å². The lowest BCUT2D eigenvalue weighted by atomic mass is 10.1. The second kappa shape index (κ2) is 9.42. The quantitative estimate of drug-likeness (QED) is 0.408. The molecule has 0 aliphatic carbocycles. The van der Waals surface area contributed by atoms with Crippen LogP contribution in [0.25, 0.3) is 11.3 Å². The summed E-state index contributed by atoms with van der Waals surface area (Å²) in [5.41, 5.74) is 7.18. The lowest BCUT2D eigenvalue weighted by molar-refractivity contribution is -0.118. The van der Waals surface area contributed by atoms with Crippen LogP contribution in [0.5, 0.6) is 5.75 Å². The van der Waals surface area contributed by atoms with E-state index in [9.17, 15) is 9.59 Å². The number of aromatic nitrogens is 1. The molecule has 38 heavy (non-hydrogen) atoms.